The first-order valence-corrected chi connectivity index (χ1v) is 11.7. The van der Waals surface area contributed by atoms with E-state index in [-0.39, 0.29) is 11.2 Å². The van der Waals surface area contributed by atoms with Crippen LogP contribution in [-0.4, -0.2) is 26.3 Å². The lowest BCUT2D eigenvalue weighted by molar-refractivity contribution is 0.586. The lowest BCUT2D eigenvalue weighted by Gasteiger charge is -2.15. The van der Waals surface area contributed by atoms with Crippen LogP contribution < -0.4 is 10.9 Å². The van der Waals surface area contributed by atoms with Gasteiger partial charge in [-0.15, -0.1) is 0 Å². The van der Waals surface area contributed by atoms with Crippen LogP contribution in [0.15, 0.2) is 64.0 Å². The first-order valence-electron chi connectivity index (χ1n) is 9.33. The Hall–Kier alpha value is -3.46. The van der Waals surface area contributed by atoms with Crippen LogP contribution in [0.25, 0.3) is 22.0 Å². The molecule has 6 nitrogen and oxygen atoms in total. The van der Waals surface area contributed by atoms with Gasteiger partial charge in [-0.25, -0.2) is 13.0 Å². The van der Waals surface area contributed by atoms with Gasteiger partial charge in [-0.2, -0.15) is 4.36 Å². The minimum Gasteiger partial charge on any atom is -0.357 e. The Morgan fingerprint density at radius 1 is 1.03 bits per heavy atom. The Morgan fingerprint density at radius 3 is 2.48 bits per heavy atom. The molecule has 0 aliphatic rings. The summed E-state index contributed by atoms with van der Waals surface area (Å²) in [6.45, 7) is 0. The number of fused-ring (bicyclic) bond motifs is 1. The molecule has 2 heterocycles. The maximum atomic E-state index is 14.3. The zero-order chi connectivity index (χ0) is 22.3. The molecule has 2 N–H and O–H groups in total. The van der Waals surface area contributed by atoms with E-state index in [1.807, 2.05) is 0 Å². The van der Waals surface area contributed by atoms with Crippen molar-refractivity contribution >= 4 is 37.7 Å². The zero-order valence-electron chi connectivity index (χ0n) is 17.1. The number of rotatable bonds is 4. The molecule has 4 aromatic rings. The monoisotopic (exact) mass is 442 g/mol. The average Bonchev–Trinajstić information content (AvgIpc) is 3.17. The van der Waals surface area contributed by atoms with E-state index >= 15 is 0 Å². The highest BCUT2D eigenvalue weighted by Gasteiger charge is 2.15. The number of anilines is 2. The molecule has 0 aliphatic heterocycles. The van der Waals surface area contributed by atoms with Crippen LogP contribution in [0.3, 0.4) is 0 Å². The molecule has 0 radical (unpaired) electrons. The predicted octanol–water partition coefficient (Wildman–Crippen LogP) is 4.91. The molecule has 0 amide bonds. The van der Waals surface area contributed by atoms with Crippen LogP contribution in [-0.2, 0) is 16.8 Å². The van der Waals surface area contributed by atoms with Crippen molar-refractivity contribution in [3.63, 3.8) is 0 Å². The fraction of sp³-hybridized carbons (Fsp3) is 0.136. The van der Waals surface area contributed by atoms with Gasteiger partial charge in [-0.1, -0.05) is 0 Å². The average molecular weight is 442 g/mol. The molecule has 160 valence electrons. The second-order valence-corrected chi connectivity index (χ2v) is 10.0. The predicted molar refractivity (Wildman–Crippen MR) is 121 cm³/mol. The molecule has 4 rings (SSSR count). The van der Waals surface area contributed by atoms with E-state index in [0.29, 0.717) is 33.4 Å². The Morgan fingerprint density at radius 2 is 1.77 bits per heavy atom. The number of hydrogen-bond acceptors (Lipinski definition) is 4. The number of hydrogen-bond donors (Lipinski definition) is 2. The van der Waals surface area contributed by atoms with E-state index in [1.54, 1.807) is 43.7 Å². The summed E-state index contributed by atoms with van der Waals surface area (Å²) in [7, 11) is -0.777. The maximum absolute atomic E-state index is 14.3. The smallest absolute Gasteiger partial charge is 0.274 e. The van der Waals surface area contributed by atoms with Gasteiger partial charge in [0.2, 0.25) is 0 Å². The maximum Gasteiger partial charge on any atom is 0.274 e. The molecule has 2 aromatic carbocycles. The van der Waals surface area contributed by atoms with Crippen molar-refractivity contribution in [3.8, 4) is 11.1 Å². The molecular formula is C22H20F2N4O2S. The van der Waals surface area contributed by atoms with Crippen LogP contribution in [0.5, 0.6) is 0 Å². The van der Waals surface area contributed by atoms with Gasteiger partial charge in [0.05, 0.1) is 11.4 Å². The van der Waals surface area contributed by atoms with E-state index in [0.717, 1.165) is 12.1 Å². The minimum atomic E-state index is -2.41. The van der Waals surface area contributed by atoms with Crippen LogP contribution in [0.4, 0.5) is 25.8 Å². The van der Waals surface area contributed by atoms with Gasteiger partial charge in [0.25, 0.3) is 5.56 Å². The summed E-state index contributed by atoms with van der Waals surface area (Å²) in [6.07, 6.45) is 6.41. The number of H-pyrrole nitrogens is 1. The Kier molecular flexibility index (Phi) is 5.14. The van der Waals surface area contributed by atoms with Gasteiger partial charge in [-0.3, -0.25) is 4.79 Å². The summed E-state index contributed by atoms with van der Waals surface area (Å²) in [6, 6.07) is 10.1. The van der Waals surface area contributed by atoms with Crippen molar-refractivity contribution in [2.45, 2.75) is 0 Å². The molecular weight excluding hydrogens is 422 g/mol. The lowest BCUT2D eigenvalue weighted by atomic mass is 10.0. The SMILES string of the molecule is Cn1cc(-c2cc(N=S(C)(C)=O)ccc2Nc2ccc(F)cc2F)c2cc[nH]c2c1=O. The number of aryl methyl sites for hydroxylation is 1. The Labute approximate surface area is 177 Å². The molecule has 31 heavy (non-hydrogen) atoms. The van der Waals surface area contributed by atoms with E-state index in [9.17, 15) is 17.8 Å². The molecule has 0 unspecified atom stereocenters. The molecule has 0 saturated carbocycles. The highest BCUT2D eigenvalue weighted by molar-refractivity contribution is 7.92. The van der Waals surface area contributed by atoms with Crippen molar-refractivity contribution in [1.29, 1.82) is 0 Å². The van der Waals surface area contributed by atoms with Crippen LogP contribution >= 0.6 is 0 Å². The molecule has 0 bridgehead atoms. The van der Waals surface area contributed by atoms with Crippen molar-refractivity contribution in [1.82, 2.24) is 9.55 Å². The highest BCUT2D eigenvalue weighted by Crippen LogP contribution is 2.37. The number of aromatic amines is 1. The van der Waals surface area contributed by atoms with Crippen molar-refractivity contribution in [2.24, 2.45) is 11.4 Å². The first-order chi connectivity index (χ1) is 14.6. The topological polar surface area (TPSA) is 79.2 Å². The Balaban J connectivity index is 1.97. The zero-order valence-corrected chi connectivity index (χ0v) is 17.9. The van der Waals surface area contributed by atoms with Gasteiger partial charge in [0, 0.05) is 69.9 Å². The molecule has 2 aromatic heterocycles. The number of pyridine rings is 1. The van der Waals surface area contributed by atoms with E-state index in [1.165, 1.54) is 23.1 Å². The second-order valence-electron chi connectivity index (χ2n) is 7.48. The normalized spacial score (nSPS) is 11.6. The molecule has 0 aliphatic carbocycles. The van der Waals surface area contributed by atoms with Crippen LogP contribution in [0.2, 0.25) is 0 Å². The van der Waals surface area contributed by atoms with Crippen LogP contribution in [0.1, 0.15) is 0 Å². The molecule has 0 spiro atoms. The van der Waals surface area contributed by atoms with E-state index < -0.39 is 21.4 Å². The summed E-state index contributed by atoms with van der Waals surface area (Å²) in [5.41, 5.74) is 2.65. The lowest BCUT2D eigenvalue weighted by Crippen LogP contribution is -2.16. The van der Waals surface area contributed by atoms with Gasteiger partial charge in [-0.05, 0) is 36.4 Å². The van der Waals surface area contributed by atoms with Crippen molar-refractivity contribution in [3.05, 3.63) is 76.8 Å². The summed E-state index contributed by atoms with van der Waals surface area (Å²) >= 11 is 0. The van der Waals surface area contributed by atoms with Crippen LogP contribution in [0, 0.1) is 11.6 Å². The van der Waals surface area contributed by atoms with Crippen molar-refractivity contribution in [2.75, 3.05) is 17.8 Å². The van der Waals surface area contributed by atoms with Gasteiger partial charge < -0.3 is 14.9 Å². The fourth-order valence-electron chi connectivity index (χ4n) is 3.39. The number of halogens is 2. The number of benzene rings is 2. The first kappa shape index (κ1) is 20.8. The standard InChI is InChI=1S/C22H20F2N4O2S/c1-28-12-17(15-8-9-25-21(15)22(28)29)16-11-14(27-31(2,3)30)5-7-19(16)26-20-6-4-13(23)10-18(20)24/h4-12,25-26H,1-3H3. The Bertz CT molecular complexity index is 1490. The van der Waals surface area contributed by atoms with E-state index in [4.69, 9.17) is 0 Å². The number of aromatic nitrogens is 2. The quantitative estimate of drug-likeness (QED) is 0.471. The van der Waals surface area contributed by atoms with Gasteiger partial charge >= 0.3 is 0 Å². The molecule has 0 saturated heterocycles. The van der Waals surface area contributed by atoms with Gasteiger partial charge in [0.15, 0.2) is 0 Å². The third-order valence-corrected chi connectivity index (χ3v) is 5.36. The molecule has 0 atom stereocenters. The molecule has 0 fully saturated rings. The van der Waals surface area contributed by atoms with E-state index in [2.05, 4.69) is 14.7 Å². The summed E-state index contributed by atoms with van der Waals surface area (Å²) in [5, 5.41) is 3.67. The number of nitrogens with zero attached hydrogens (tertiary/aromatic N) is 2. The largest absolute Gasteiger partial charge is 0.357 e. The summed E-state index contributed by atoms with van der Waals surface area (Å²) in [4.78, 5) is 15.4. The second kappa shape index (κ2) is 7.66. The third-order valence-electron chi connectivity index (χ3n) is 4.71. The highest BCUT2D eigenvalue weighted by atomic mass is 32.2. The summed E-state index contributed by atoms with van der Waals surface area (Å²) in [5.74, 6) is -1.41. The summed E-state index contributed by atoms with van der Waals surface area (Å²) < 4.78 is 45.5. The minimum absolute atomic E-state index is 0.0947. The van der Waals surface area contributed by atoms with Crippen molar-refractivity contribution < 1.29 is 13.0 Å². The third kappa shape index (κ3) is 4.22. The fourth-order valence-corrected chi connectivity index (χ4v) is 4.02. The number of nitrogens with one attached hydrogen (secondary N) is 2. The molecule has 9 heteroatoms. The van der Waals surface area contributed by atoms with Gasteiger partial charge in [0.1, 0.15) is 17.2 Å².